The molecule has 0 amide bonds. The van der Waals surface area contributed by atoms with Gasteiger partial charge in [-0.3, -0.25) is 4.57 Å². The Bertz CT molecular complexity index is 3110. The normalized spacial score (nSPS) is 19.1. The van der Waals surface area contributed by atoms with Gasteiger partial charge in [0.25, 0.3) is 0 Å². The van der Waals surface area contributed by atoms with E-state index in [9.17, 15) is 0 Å². The largest absolute Gasteiger partial charge is 0.347 e. The van der Waals surface area contributed by atoms with E-state index in [0.29, 0.717) is 5.92 Å². The number of anilines is 2. The summed E-state index contributed by atoms with van der Waals surface area (Å²) in [6, 6.07) is 43.7. The summed E-state index contributed by atoms with van der Waals surface area (Å²) in [4.78, 5) is 9.49. The molecule has 6 aromatic rings. The van der Waals surface area contributed by atoms with Gasteiger partial charge in [-0.1, -0.05) is 169 Å². The van der Waals surface area contributed by atoms with E-state index in [1.165, 1.54) is 95.7 Å². The Morgan fingerprint density at radius 2 is 1.66 bits per heavy atom. The Balaban J connectivity index is 0.000000188. The Labute approximate surface area is 378 Å². The van der Waals surface area contributed by atoms with Crippen LogP contribution in [0.3, 0.4) is 0 Å². The zero-order chi connectivity index (χ0) is 43.1. The number of allylic oxidation sites excluding steroid dienone is 15. The van der Waals surface area contributed by atoms with Gasteiger partial charge in [0.1, 0.15) is 5.82 Å². The highest BCUT2D eigenvalue weighted by molar-refractivity contribution is 6.91. The zero-order valence-corrected chi connectivity index (χ0v) is 36.6. The third-order valence-electron chi connectivity index (χ3n) is 13.7. The van der Waals surface area contributed by atoms with Crippen molar-refractivity contribution in [1.29, 1.82) is 0 Å². The van der Waals surface area contributed by atoms with Crippen LogP contribution in [0.1, 0.15) is 55.3 Å². The second-order valence-electron chi connectivity index (χ2n) is 17.5. The fourth-order valence-corrected chi connectivity index (χ4v) is 10.7. The van der Waals surface area contributed by atoms with Gasteiger partial charge in [0, 0.05) is 70.6 Å². The highest BCUT2D eigenvalue weighted by Gasteiger charge is 2.43. The van der Waals surface area contributed by atoms with Crippen molar-refractivity contribution in [3.05, 3.63) is 251 Å². The van der Waals surface area contributed by atoms with Crippen molar-refractivity contribution in [2.75, 3.05) is 16.8 Å². The molecule has 0 saturated heterocycles. The lowest BCUT2D eigenvalue weighted by Gasteiger charge is -2.40. The summed E-state index contributed by atoms with van der Waals surface area (Å²) in [5.74, 6) is 2.46. The van der Waals surface area contributed by atoms with Crippen LogP contribution in [0.2, 0.25) is 0 Å². The number of aromatic nitrogens is 2. The van der Waals surface area contributed by atoms with E-state index in [2.05, 4.69) is 222 Å². The molecule has 0 N–H and O–H groups in total. The van der Waals surface area contributed by atoms with Crippen LogP contribution < -0.4 is 20.7 Å². The fraction of sp³-hybridized carbons (Fsp3) is 0.136. The molecule has 4 nitrogen and oxygen atoms in total. The van der Waals surface area contributed by atoms with Gasteiger partial charge >= 0.3 is 0 Å². The first-order chi connectivity index (χ1) is 31.6. The Morgan fingerprint density at radius 1 is 0.828 bits per heavy atom. The van der Waals surface area contributed by atoms with Crippen LogP contribution in [-0.4, -0.2) is 23.3 Å². The predicted molar refractivity (Wildman–Crippen MR) is 272 cm³/mol. The smallest absolute Gasteiger partial charge is 0.241 e. The van der Waals surface area contributed by atoms with Crippen molar-refractivity contribution in [2.24, 2.45) is 5.92 Å². The molecular weight excluding hydrogens is 775 g/mol. The van der Waals surface area contributed by atoms with Crippen molar-refractivity contribution in [2.45, 2.75) is 38.5 Å². The Hall–Kier alpha value is -7.37. The quantitative estimate of drug-likeness (QED) is 0.118. The number of pyridine rings is 1. The van der Waals surface area contributed by atoms with Crippen LogP contribution in [0.25, 0.3) is 28.4 Å². The van der Waals surface area contributed by atoms with Gasteiger partial charge in [0.15, 0.2) is 0 Å². The molecular formula is C59H51BN4. The lowest BCUT2D eigenvalue weighted by Crippen LogP contribution is -2.44. The van der Waals surface area contributed by atoms with E-state index in [4.69, 9.17) is 0 Å². The van der Waals surface area contributed by atoms with Gasteiger partial charge in [0.2, 0.25) is 6.71 Å². The highest BCUT2D eigenvalue weighted by atomic mass is 15.2. The lowest BCUT2D eigenvalue weighted by molar-refractivity contribution is 0.877. The molecule has 1 fully saturated rings. The Kier molecular flexibility index (Phi) is 10.3. The molecule has 5 heteroatoms. The molecule has 2 aliphatic heterocycles. The molecule has 310 valence electrons. The minimum absolute atomic E-state index is 0.0778. The maximum absolute atomic E-state index is 4.57. The fourth-order valence-electron chi connectivity index (χ4n) is 10.7. The number of nitrogens with zero attached hydrogens (tertiary/aromatic N) is 4. The molecule has 2 bridgehead atoms. The summed E-state index contributed by atoms with van der Waals surface area (Å²) in [7, 11) is 2.20. The molecule has 64 heavy (non-hydrogen) atoms. The highest BCUT2D eigenvalue weighted by Crippen LogP contribution is 2.55. The van der Waals surface area contributed by atoms with E-state index in [1.807, 2.05) is 18.3 Å². The van der Waals surface area contributed by atoms with Crippen LogP contribution >= 0.6 is 0 Å². The molecule has 0 spiro atoms. The maximum Gasteiger partial charge on any atom is 0.241 e. The summed E-state index contributed by atoms with van der Waals surface area (Å²) in [6.07, 6.45) is 32.7. The van der Waals surface area contributed by atoms with Crippen molar-refractivity contribution in [1.82, 2.24) is 9.55 Å². The van der Waals surface area contributed by atoms with Gasteiger partial charge < -0.3 is 9.80 Å². The average molecular weight is 827 g/mol. The summed E-state index contributed by atoms with van der Waals surface area (Å²) in [6.45, 7) is 6.21. The molecule has 4 aliphatic carbocycles. The zero-order valence-electron chi connectivity index (χ0n) is 36.6. The molecule has 2 atom stereocenters. The van der Waals surface area contributed by atoms with E-state index < -0.39 is 0 Å². The van der Waals surface area contributed by atoms with Crippen LogP contribution in [-0.2, 0) is 0 Å². The summed E-state index contributed by atoms with van der Waals surface area (Å²) >= 11 is 0. The summed E-state index contributed by atoms with van der Waals surface area (Å²) in [5.41, 5.74) is 19.8. The average Bonchev–Trinajstić information content (AvgIpc) is 4.13. The van der Waals surface area contributed by atoms with Crippen molar-refractivity contribution < 1.29 is 0 Å². The second kappa shape index (κ2) is 16.7. The SMILES string of the molecule is C1=CC2CC2c2c1c1ccccc1n2-c1ccccn1.C=C/C=C(\C=C/C)B(c1ccccc1)c1cccc(N2C3=C(CC=CC=C3)CC3=CC=C4CC(=C32)c2ccccc2N4C)c1. The molecule has 0 radical (unpaired) electrons. The van der Waals surface area contributed by atoms with Crippen LogP contribution in [0, 0.1) is 5.92 Å². The van der Waals surface area contributed by atoms with E-state index >= 15 is 0 Å². The lowest BCUT2D eigenvalue weighted by atomic mass is 9.36. The third-order valence-corrected chi connectivity index (χ3v) is 13.7. The molecule has 4 heterocycles. The van der Waals surface area contributed by atoms with Crippen molar-refractivity contribution in [3.8, 4) is 5.82 Å². The number of fused-ring (bicyclic) bond motifs is 10. The molecule has 2 unspecified atom stereocenters. The number of hydrogen-bond acceptors (Lipinski definition) is 3. The molecule has 12 rings (SSSR count). The molecule has 6 aliphatic rings. The number of para-hydroxylation sites is 2. The topological polar surface area (TPSA) is 24.3 Å². The summed E-state index contributed by atoms with van der Waals surface area (Å²) < 4.78 is 2.36. The van der Waals surface area contributed by atoms with Crippen LogP contribution in [0.4, 0.5) is 11.4 Å². The Morgan fingerprint density at radius 3 is 2.52 bits per heavy atom. The molecule has 4 aromatic carbocycles. The number of rotatable bonds is 7. The van der Waals surface area contributed by atoms with Gasteiger partial charge in [-0.25, -0.2) is 4.98 Å². The number of hydrogen-bond donors (Lipinski definition) is 0. The van der Waals surface area contributed by atoms with Gasteiger partial charge in [-0.05, 0) is 97.4 Å². The first kappa shape index (κ1) is 39.5. The van der Waals surface area contributed by atoms with Crippen molar-refractivity contribution in [3.63, 3.8) is 0 Å². The van der Waals surface area contributed by atoms with Crippen LogP contribution in [0.5, 0.6) is 0 Å². The molecule has 2 aromatic heterocycles. The first-order valence-electron chi connectivity index (χ1n) is 22.8. The first-order valence-corrected chi connectivity index (χ1v) is 22.8. The summed E-state index contributed by atoms with van der Waals surface area (Å²) in [5, 5.41) is 1.34. The maximum atomic E-state index is 4.57. The van der Waals surface area contributed by atoms with Gasteiger partial charge in [-0.15, -0.1) is 0 Å². The van der Waals surface area contributed by atoms with E-state index in [-0.39, 0.29) is 6.71 Å². The monoisotopic (exact) mass is 826 g/mol. The standard InChI is InChI=1S/C41H37BN2.C18H14N2/c1-4-15-32(16-5-2)42(33-18-9-7-10-19-33)34-20-14-21-36(28-34)44-39-23-11-6-8-17-30(39)27-31-25-26-35-29-38(41(31)44)37-22-12-13-24-40(37)43(35)3;1-2-6-16-13(5-1)14-9-8-12-11-15(12)18(14)20(16)17-7-3-4-10-19-17/h4-16,18-26,28H,1,17,27,29H2,2-3H3;1-10,12,15H,11H2/b16-5-,32-15+;. The third kappa shape index (κ3) is 6.93. The van der Waals surface area contributed by atoms with E-state index in [1.54, 1.807) is 0 Å². The van der Waals surface area contributed by atoms with Crippen molar-refractivity contribution >= 4 is 51.6 Å². The second-order valence-corrected chi connectivity index (χ2v) is 17.5. The predicted octanol–water partition coefficient (Wildman–Crippen LogP) is 12.7. The minimum atomic E-state index is 0.0778. The van der Waals surface area contributed by atoms with Crippen LogP contribution in [0.15, 0.2) is 235 Å². The molecule has 1 saturated carbocycles. The minimum Gasteiger partial charge on any atom is -0.347 e. The van der Waals surface area contributed by atoms with Gasteiger partial charge in [0.05, 0.1) is 11.2 Å². The van der Waals surface area contributed by atoms with E-state index in [0.717, 1.165) is 31.0 Å². The van der Waals surface area contributed by atoms with Gasteiger partial charge in [-0.2, -0.15) is 0 Å². The number of benzene rings is 4.